The van der Waals surface area contributed by atoms with E-state index < -0.39 is 0 Å². The van der Waals surface area contributed by atoms with Gasteiger partial charge in [0.1, 0.15) is 29.0 Å². The summed E-state index contributed by atoms with van der Waals surface area (Å²) in [5.41, 5.74) is 9.38. The summed E-state index contributed by atoms with van der Waals surface area (Å²) in [6.07, 6.45) is 12.3. The number of hydrogen-bond donors (Lipinski definition) is 2. The number of nitrogens with two attached hydrogens (primary N) is 1. The second kappa shape index (κ2) is 8.12. The topological polar surface area (TPSA) is 91.8 Å². The van der Waals surface area contributed by atoms with Gasteiger partial charge in [0, 0.05) is 49.2 Å². The Morgan fingerprint density at radius 3 is 2.72 bits per heavy atom. The van der Waals surface area contributed by atoms with E-state index in [-0.39, 0.29) is 12.1 Å². The lowest BCUT2D eigenvalue weighted by Crippen LogP contribution is -2.43. The normalized spacial score (nSPS) is 20.9. The van der Waals surface area contributed by atoms with Crippen LogP contribution in [0, 0.1) is 0 Å². The number of allylic oxidation sites excluding steroid dienone is 2. The van der Waals surface area contributed by atoms with Crippen molar-refractivity contribution in [2.45, 2.75) is 18.5 Å². The molecule has 8 heteroatoms. The Morgan fingerprint density at radius 1 is 1.19 bits per heavy atom. The number of amides is 1. The van der Waals surface area contributed by atoms with Gasteiger partial charge in [-0.3, -0.25) is 9.20 Å². The number of carbonyl (C=O) groups is 1. The number of nitrogen functional groups attached to an aromatic ring is 1. The first-order valence-electron chi connectivity index (χ1n) is 10.8. The minimum absolute atomic E-state index is 0.126. The monoisotopic (exact) mass is 429 g/mol. The zero-order chi connectivity index (χ0) is 22.2. The van der Waals surface area contributed by atoms with Crippen molar-refractivity contribution < 1.29 is 4.79 Å². The fraction of sp³-hybridized carbons (Fsp3) is 0.292. The highest BCUT2D eigenvalue weighted by Gasteiger charge is 2.27. The molecule has 2 aliphatic heterocycles. The van der Waals surface area contributed by atoms with Gasteiger partial charge in [-0.05, 0) is 44.3 Å². The van der Waals surface area contributed by atoms with Crippen LogP contribution in [0.15, 0.2) is 61.1 Å². The van der Waals surface area contributed by atoms with E-state index in [9.17, 15) is 4.79 Å². The lowest BCUT2D eigenvalue weighted by molar-refractivity contribution is 0.0917. The number of aromatic nitrogens is 3. The van der Waals surface area contributed by atoms with Crippen LogP contribution >= 0.6 is 0 Å². The number of benzene rings is 1. The molecule has 3 aromatic rings. The van der Waals surface area contributed by atoms with Gasteiger partial charge >= 0.3 is 0 Å². The minimum Gasteiger partial charge on any atom is -0.382 e. The summed E-state index contributed by atoms with van der Waals surface area (Å²) in [5.74, 6) is 1.69. The van der Waals surface area contributed by atoms with Gasteiger partial charge in [-0.1, -0.05) is 18.2 Å². The molecule has 0 spiro atoms. The number of nitrogens with one attached hydrogen (secondary N) is 1. The van der Waals surface area contributed by atoms with Crippen LogP contribution in [-0.2, 0) is 0 Å². The fourth-order valence-electron chi connectivity index (χ4n) is 4.45. The Kier molecular flexibility index (Phi) is 5.14. The molecular weight excluding hydrogens is 402 g/mol. The average molecular weight is 430 g/mol. The molecule has 0 radical (unpaired) electrons. The van der Waals surface area contributed by atoms with Gasteiger partial charge in [0.25, 0.3) is 5.91 Å². The first kappa shape index (κ1) is 20.3. The van der Waals surface area contributed by atoms with E-state index in [4.69, 9.17) is 10.7 Å². The highest BCUT2D eigenvalue weighted by Crippen LogP contribution is 2.33. The number of anilines is 1. The van der Waals surface area contributed by atoms with Crippen LogP contribution in [0.25, 0.3) is 16.8 Å². The number of hydrogen-bond acceptors (Lipinski definition) is 6. The second-order valence-corrected chi connectivity index (χ2v) is 8.49. The first-order valence-corrected chi connectivity index (χ1v) is 10.8. The molecule has 1 saturated heterocycles. The van der Waals surface area contributed by atoms with Gasteiger partial charge < -0.3 is 20.9 Å². The van der Waals surface area contributed by atoms with Gasteiger partial charge in [0.2, 0.25) is 0 Å². The fourth-order valence-corrected chi connectivity index (χ4v) is 4.45. The number of fused-ring (bicyclic) bond motifs is 1. The molecule has 0 saturated carbocycles. The number of nitrogens with zero attached hydrogens (tertiary/aromatic N) is 5. The summed E-state index contributed by atoms with van der Waals surface area (Å²) in [4.78, 5) is 26.3. The molecule has 4 heterocycles. The number of likely N-dealkylation sites (N-methyl/N-ethyl adjacent to an activating group) is 2. The van der Waals surface area contributed by atoms with Crippen LogP contribution < -0.4 is 11.1 Å². The van der Waals surface area contributed by atoms with Gasteiger partial charge in [-0.15, -0.1) is 0 Å². The number of rotatable bonds is 4. The van der Waals surface area contributed by atoms with Crippen molar-refractivity contribution in [3.8, 4) is 11.3 Å². The van der Waals surface area contributed by atoms with Gasteiger partial charge in [0.15, 0.2) is 0 Å². The molecule has 1 amide bonds. The summed E-state index contributed by atoms with van der Waals surface area (Å²) < 4.78 is 2.07. The SMILES string of the molecule is CN1CCC(c2nc(-c3ccc(C(=O)NC4C=CC=CN4C)cc3)c3c(N)nccn23)C1. The van der Waals surface area contributed by atoms with E-state index >= 15 is 0 Å². The van der Waals surface area contributed by atoms with Crippen molar-refractivity contribution in [1.29, 1.82) is 0 Å². The van der Waals surface area contributed by atoms with Gasteiger partial charge in [0.05, 0.1) is 0 Å². The van der Waals surface area contributed by atoms with Crippen molar-refractivity contribution in [3.05, 3.63) is 72.5 Å². The van der Waals surface area contributed by atoms with Crippen molar-refractivity contribution in [2.75, 3.05) is 32.9 Å². The molecule has 1 fully saturated rings. The molecule has 2 aliphatic rings. The number of imidazole rings is 1. The van der Waals surface area contributed by atoms with Gasteiger partial charge in [-0.2, -0.15) is 0 Å². The predicted molar refractivity (Wildman–Crippen MR) is 125 cm³/mol. The quantitative estimate of drug-likeness (QED) is 0.662. The van der Waals surface area contributed by atoms with E-state index in [1.807, 2.05) is 66.8 Å². The van der Waals surface area contributed by atoms with Crippen molar-refractivity contribution >= 4 is 17.2 Å². The Labute approximate surface area is 187 Å². The van der Waals surface area contributed by atoms with Crippen molar-refractivity contribution in [3.63, 3.8) is 0 Å². The minimum atomic E-state index is -0.165. The molecule has 2 unspecified atom stereocenters. The highest BCUT2D eigenvalue weighted by molar-refractivity contribution is 5.95. The molecule has 164 valence electrons. The van der Waals surface area contributed by atoms with Gasteiger partial charge in [-0.25, -0.2) is 9.97 Å². The molecule has 1 aromatic carbocycles. The standard InChI is InChI=1S/C24H27N7O/c1-29-13-10-18(15-29)23-28-20(21-22(25)26-11-14-31(21)23)16-6-8-17(9-7-16)24(32)27-19-5-3-4-12-30(19)2/h3-9,11-12,14,18-19H,10,13,15H2,1-2H3,(H2,25,26)(H,27,32). The Balaban J connectivity index is 1.45. The molecule has 0 bridgehead atoms. The van der Waals surface area contributed by atoms with Crippen LogP contribution in [0.4, 0.5) is 5.82 Å². The van der Waals surface area contributed by atoms with E-state index in [0.717, 1.165) is 42.1 Å². The average Bonchev–Trinajstić information content (AvgIpc) is 3.40. The molecule has 32 heavy (non-hydrogen) atoms. The summed E-state index contributed by atoms with van der Waals surface area (Å²) in [7, 11) is 4.06. The first-order chi connectivity index (χ1) is 15.5. The molecule has 3 N–H and O–H groups in total. The van der Waals surface area contributed by atoms with E-state index in [1.165, 1.54) is 0 Å². The molecule has 2 aromatic heterocycles. The molecule has 8 nitrogen and oxygen atoms in total. The highest BCUT2D eigenvalue weighted by atomic mass is 16.1. The largest absolute Gasteiger partial charge is 0.382 e. The Morgan fingerprint density at radius 2 is 2.00 bits per heavy atom. The predicted octanol–water partition coefficient (Wildman–Crippen LogP) is 2.47. The van der Waals surface area contributed by atoms with Crippen molar-refractivity contribution in [2.24, 2.45) is 0 Å². The summed E-state index contributed by atoms with van der Waals surface area (Å²) in [5, 5.41) is 3.02. The van der Waals surface area contributed by atoms with Crippen LogP contribution in [0.2, 0.25) is 0 Å². The third-order valence-electron chi connectivity index (χ3n) is 6.23. The smallest absolute Gasteiger partial charge is 0.253 e. The summed E-state index contributed by atoms with van der Waals surface area (Å²) in [6.45, 7) is 2.03. The summed E-state index contributed by atoms with van der Waals surface area (Å²) >= 11 is 0. The zero-order valence-electron chi connectivity index (χ0n) is 18.3. The van der Waals surface area contributed by atoms with Crippen LogP contribution in [-0.4, -0.2) is 63.4 Å². The zero-order valence-corrected chi connectivity index (χ0v) is 18.3. The maximum atomic E-state index is 12.7. The lowest BCUT2D eigenvalue weighted by atomic mass is 10.1. The second-order valence-electron chi connectivity index (χ2n) is 8.49. The van der Waals surface area contributed by atoms with E-state index in [0.29, 0.717) is 17.3 Å². The lowest BCUT2D eigenvalue weighted by Gasteiger charge is -2.26. The maximum absolute atomic E-state index is 12.7. The van der Waals surface area contributed by atoms with Crippen LogP contribution in [0.5, 0.6) is 0 Å². The molecule has 5 rings (SSSR count). The Bertz CT molecular complexity index is 1210. The Hall–Kier alpha value is -3.65. The molecule has 2 atom stereocenters. The van der Waals surface area contributed by atoms with Crippen LogP contribution in [0.1, 0.15) is 28.5 Å². The van der Waals surface area contributed by atoms with E-state index in [1.54, 1.807) is 6.20 Å². The van der Waals surface area contributed by atoms with E-state index in [2.05, 4.69) is 26.6 Å². The van der Waals surface area contributed by atoms with Crippen molar-refractivity contribution in [1.82, 2.24) is 29.5 Å². The number of carbonyl (C=O) groups excluding carboxylic acids is 1. The maximum Gasteiger partial charge on any atom is 0.253 e. The third kappa shape index (κ3) is 3.62. The molecular formula is C24H27N7O. The summed E-state index contributed by atoms with van der Waals surface area (Å²) in [6, 6.07) is 7.50. The molecule has 0 aliphatic carbocycles. The number of likely N-dealkylation sites (tertiary alicyclic amines) is 1. The third-order valence-corrected chi connectivity index (χ3v) is 6.23. The van der Waals surface area contributed by atoms with Crippen LogP contribution in [0.3, 0.4) is 0 Å².